The predicted molar refractivity (Wildman–Crippen MR) is 143 cm³/mol. The van der Waals surface area contributed by atoms with E-state index in [4.69, 9.17) is 19.6 Å². The van der Waals surface area contributed by atoms with Crippen molar-refractivity contribution in [1.82, 2.24) is 9.55 Å². The van der Waals surface area contributed by atoms with Gasteiger partial charge in [-0.25, -0.2) is 4.98 Å². The molecule has 2 unspecified atom stereocenters. The average Bonchev–Trinajstić information content (AvgIpc) is 3.62. The highest BCUT2D eigenvalue weighted by Crippen LogP contribution is 2.38. The van der Waals surface area contributed by atoms with Crippen molar-refractivity contribution >= 4 is 22.7 Å². The largest absolute Gasteiger partial charge is 0.493 e. The Morgan fingerprint density at radius 3 is 2.86 bits per heavy atom. The second-order valence-electron chi connectivity index (χ2n) is 10.1. The Hall–Kier alpha value is -3.84. The third-order valence-corrected chi connectivity index (χ3v) is 7.51. The Labute approximate surface area is 216 Å². The molecule has 3 heterocycles. The third-order valence-electron chi connectivity index (χ3n) is 7.51. The van der Waals surface area contributed by atoms with Crippen molar-refractivity contribution in [2.75, 3.05) is 18.5 Å². The molecule has 190 valence electrons. The van der Waals surface area contributed by atoms with Crippen molar-refractivity contribution in [2.45, 2.75) is 51.7 Å². The van der Waals surface area contributed by atoms with Gasteiger partial charge in [0.15, 0.2) is 0 Å². The summed E-state index contributed by atoms with van der Waals surface area (Å²) < 4.78 is 14.1. The molecule has 0 radical (unpaired) electrons. The van der Waals surface area contributed by atoms with Crippen LogP contribution in [0.1, 0.15) is 59.4 Å². The normalized spacial score (nSPS) is 18.6. The highest BCUT2D eigenvalue weighted by atomic mass is 16.5. The number of fused-ring (bicyclic) bond motifs is 2. The van der Waals surface area contributed by atoms with Gasteiger partial charge in [-0.05, 0) is 67.6 Å². The fourth-order valence-electron chi connectivity index (χ4n) is 5.53. The summed E-state index contributed by atoms with van der Waals surface area (Å²) in [5.41, 5.74) is 8.69. The fraction of sp³-hybridized carbons (Fsp3) is 0.333. The summed E-state index contributed by atoms with van der Waals surface area (Å²) >= 11 is 0. The van der Waals surface area contributed by atoms with Crippen molar-refractivity contribution in [1.29, 1.82) is 0 Å². The molecule has 7 heteroatoms. The van der Waals surface area contributed by atoms with Gasteiger partial charge < -0.3 is 19.9 Å². The first-order chi connectivity index (χ1) is 18.0. The number of hydrogen-bond donors (Lipinski definition) is 2. The first-order valence-electron chi connectivity index (χ1n) is 12.9. The summed E-state index contributed by atoms with van der Waals surface area (Å²) in [6.45, 7) is 6.10. The highest BCUT2D eigenvalue weighted by Gasteiger charge is 2.27. The van der Waals surface area contributed by atoms with Crippen LogP contribution in [0, 0.1) is 13.8 Å². The van der Waals surface area contributed by atoms with Gasteiger partial charge in [0.05, 0.1) is 29.7 Å². The van der Waals surface area contributed by atoms with E-state index >= 15 is 0 Å². The number of hydrogen-bond acceptors (Lipinski definition) is 5. The summed E-state index contributed by atoms with van der Waals surface area (Å²) in [4.78, 5) is 16.2. The zero-order chi connectivity index (χ0) is 25.5. The van der Waals surface area contributed by atoms with Crippen molar-refractivity contribution in [3.8, 4) is 11.4 Å². The van der Waals surface area contributed by atoms with E-state index in [1.165, 1.54) is 16.7 Å². The summed E-state index contributed by atoms with van der Waals surface area (Å²) in [5, 5.41) is 12.7. The standard InChI is InChI=1S/C30H31N3O4/c1-18-8-11-26-24(13-18)32-30(27-7-4-12-36-27)33(26)25-6-3-5-20(19(25)2)16-31-22-9-10-23-21(14-29(34)35)17-37-28(23)15-22/h3,5-6,8-11,13,15,21,27,31H,4,7,12,14,16-17H2,1-2H3,(H,34,35). The van der Waals surface area contributed by atoms with E-state index in [1.54, 1.807) is 0 Å². The number of carbonyl (C=O) groups is 1. The summed E-state index contributed by atoms with van der Waals surface area (Å²) in [5.74, 6) is 0.843. The fourth-order valence-corrected chi connectivity index (χ4v) is 5.53. The predicted octanol–water partition coefficient (Wildman–Crippen LogP) is 6.06. The van der Waals surface area contributed by atoms with Crippen LogP contribution in [0.4, 0.5) is 5.69 Å². The van der Waals surface area contributed by atoms with E-state index in [2.05, 4.69) is 60.1 Å². The van der Waals surface area contributed by atoms with Crippen LogP contribution >= 0.6 is 0 Å². The topological polar surface area (TPSA) is 85.6 Å². The van der Waals surface area contributed by atoms with E-state index in [-0.39, 0.29) is 18.4 Å². The quantitative estimate of drug-likeness (QED) is 0.323. The van der Waals surface area contributed by atoms with Crippen molar-refractivity contribution in [3.63, 3.8) is 0 Å². The van der Waals surface area contributed by atoms with Crippen LogP contribution in [0.3, 0.4) is 0 Å². The maximum atomic E-state index is 11.1. The molecule has 1 saturated heterocycles. The molecule has 4 aromatic rings. The third kappa shape index (κ3) is 4.44. The molecular formula is C30H31N3O4. The number of aryl methyl sites for hydroxylation is 1. The lowest BCUT2D eigenvalue weighted by Gasteiger charge is -2.18. The minimum Gasteiger partial charge on any atom is -0.493 e. The van der Waals surface area contributed by atoms with E-state index in [9.17, 15) is 4.79 Å². The van der Waals surface area contributed by atoms with Crippen LogP contribution in [-0.2, 0) is 16.1 Å². The average molecular weight is 498 g/mol. The molecule has 1 aromatic heterocycles. The lowest BCUT2D eigenvalue weighted by Crippen LogP contribution is -2.10. The number of imidazole rings is 1. The first kappa shape index (κ1) is 23.6. The SMILES string of the molecule is Cc1ccc2c(c1)nc(C1CCCO1)n2-c1cccc(CNc2ccc3c(c2)OCC3CC(=O)O)c1C. The molecule has 0 amide bonds. The molecule has 2 N–H and O–H groups in total. The number of nitrogens with zero attached hydrogens (tertiary/aromatic N) is 2. The lowest BCUT2D eigenvalue weighted by molar-refractivity contribution is -0.137. The molecule has 3 aromatic carbocycles. The Morgan fingerprint density at radius 2 is 2.05 bits per heavy atom. The number of ether oxygens (including phenoxy) is 2. The highest BCUT2D eigenvalue weighted by molar-refractivity contribution is 5.79. The number of aromatic nitrogens is 2. The number of carboxylic acid groups (broad SMARTS) is 1. The van der Waals surface area contributed by atoms with Crippen LogP contribution in [-0.4, -0.2) is 33.8 Å². The minimum atomic E-state index is -0.803. The molecule has 2 aliphatic heterocycles. The summed E-state index contributed by atoms with van der Waals surface area (Å²) in [6.07, 6.45) is 2.13. The van der Waals surface area contributed by atoms with Crippen LogP contribution in [0.25, 0.3) is 16.7 Å². The van der Waals surface area contributed by atoms with Gasteiger partial charge in [0.1, 0.15) is 17.7 Å². The minimum absolute atomic E-state index is 0.00486. The molecule has 37 heavy (non-hydrogen) atoms. The molecule has 2 aliphatic rings. The second-order valence-corrected chi connectivity index (χ2v) is 10.1. The maximum absolute atomic E-state index is 11.1. The first-order valence-corrected chi connectivity index (χ1v) is 12.9. The number of carboxylic acids is 1. The zero-order valence-corrected chi connectivity index (χ0v) is 21.2. The van der Waals surface area contributed by atoms with Crippen LogP contribution in [0.5, 0.6) is 5.75 Å². The number of rotatable bonds is 7. The summed E-state index contributed by atoms with van der Waals surface area (Å²) in [7, 11) is 0. The Bertz CT molecular complexity index is 1490. The number of aliphatic carboxylic acids is 1. The maximum Gasteiger partial charge on any atom is 0.304 e. The molecule has 7 nitrogen and oxygen atoms in total. The smallest absolute Gasteiger partial charge is 0.304 e. The van der Waals surface area contributed by atoms with Gasteiger partial charge >= 0.3 is 5.97 Å². The van der Waals surface area contributed by atoms with Gasteiger partial charge in [-0.2, -0.15) is 0 Å². The van der Waals surface area contributed by atoms with Crippen LogP contribution < -0.4 is 10.1 Å². The van der Waals surface area contributed by atoms with E-state index in [0.717, 1.165) is 59.0 Å². The Kier molecular flexibility index (Phi) is 6.08. The number of anilines is 1. The molecular weight excluding hydrogens is 466 g/mol. The number of nitrogens with one attached hydrogen (secondary N) is 1. The van der Waals surface area contributed by atoms with Crippen LogP contribution in [0.2, 0.25) is 0 Å². The van der Waals surface area contributed by atoms with Crippen molar-refractivity contribution in [3.05, 3.63) is 82.7 Å². The summed E-state index contributed by atoms with van der Waals surface area (Å²) in [6, 6.07) is 18.8. The van der Waals surface area contributed by atoms with E-state index in [0.29, 0.717) is 13.2 Å². The molecule has 0 spiro atoms. The zero-order valence-electron chi connectivity index (χ0n) is 21.2. The van der Waals surface area contributed by atoms with E-state index in [1.807, 2.05) is 18.2 Å². The molecule has 1 fully saturated rings. The molecule has 2 atom stereocenters. The lowest BCUT2D eigenvalue weighted by atomic mass is 9.98. The van der Waals surface area contributed by atoms with Gasteiger partial charge in [-0.3, -0.25) is 9.36 Å². The molecule has 0 aliphatic carbocycles. The molecule has 0 bridgehead atoms. The monoisotopic (exact) mass is 497 g/mol. The molecule has 0 saturated carbocycles. The van der Waals surface area contributed by atoms with Gasteiger partial charge in [0.25, 0.3) is 0 Å². The Morgan fingerprint density at radius 1 is 1.16 bits per heavy atom. The van der Waals surface area contributed by atoms with Gasteiger partial charge in [-0.15, -0.1) is 0 Å². The van der Waals surface area contributed by atoms with Crippen molar-refractivity contribution in [2.24, 2.45) is 0 Å². The van der Waals surface area contributed by atoms with Gasteiger partial charge in [-0.1, -0.05) is 24.3 Å². The second kappa shape index (κ2) is 9.56. The molecule has 6 rings (SSSR count). The van der Waals surface area contributed by atoms with E-state index < -0.39 is 5.97 Å². The van der Waals surface area contributed by atoms with Gasteiger partial charge in [0.2, 0.25) is 0 Å². The number of benzene rings is 3. The van der Waals surface area contributed by atoms with Crippen molar-refractivity contribution < 1.29 is 19.4 Å². The van der Waals surface area contributed by atoms with Gasteiger partial charge in [0, 0.05) is 36.4 Å². The van der Waals surface area contributed by atoms with Crippen LogP contribution in [0.15, 0.2) is 54.6 Å². The Balaban J connectivity index is 1.30.